The Bertz CT molecular complexity index is 1540. The average Bonchev–Trinajstić information content (AvgIpc) is 2.83. The van der Waals surface area contributed by atoms with E-state index in [2.05, 4.69) is 5.32 Å². The van der Waals surface area contributed by atoms with Crippen molar-refractivity contribution in [3.05, 3.63) is 104 Å². The van der Waals surface area contributed by atoms with Crippen molar-refractivity contribution in [2.75, 3.05) is 0 Å². The lowest BCUT2D eigenvalue weighted by molar-refractivity contribution is -0.143. The van der Waals surface area contributed by atoms with Crippen LogP contribution in [0, 0.1) is 12.7 Å². The Balaban J connectivity index is 1.68. The third kappa shape index (κ3) is 4.50. The quantitative estimate of drug-likeness (QED) is 0.472. The molecular formula is C30H28FNO5. The Morgan fingerprint density at radius 2 is 1.81 bits per heavy atom. The van der Waals surface area contributed by atoms with E-state index in [-0.39, 0.29) is 46.6 Å². The van der Waals surface area contributed by atoms with Gasteiger partial charge in [0.15, 0.2) is 11.2 Å². The third-order valence-electron chi connectivity index (χ3n) is 7.00. The number of dihydropyridines is 1. The molecule has 0 bridgehead atoms. The maximum atomic E-state index is 13.8. The highest BCUT2D eigenvalue weighted by Crippen LogP contribution is 2.45. The minimum atomic E-state index is -0.926. The second-order valence-electron chi connectivity index (χ2n) is 10.0. The first-order chi connectivity index (χ1) is 17.6. The lowest BCUT2D eigenvalue weighted by Gasteiger charge is -2.36. The molecule has 0 saturated carbocycles. The van der Waals surface area contributed by atoms with Gasteiger partial charge in [-0.05, 0) is 69.9 Å². The van der Waals surface area contributed by atoms with Crippen LogP contribution in [0.25, 0.3) is 11.0 Å². The molecule has 7 heteroatoms. The van der Waals surface area contributed by atoms with Gasteiger partial charge in [-0.25, -0.2) is 9.18 Å². The summed E-state index contributed by atoms with van der Waals surface area (Å²) < 4.78 is 24.9. The number of fused-ring (bicyclic) bond motifs is 1. The average molecular weight is 502 g/mol. The van der Waals surface area contributed by atoms with Crippen molar-refractivity contribution in [1.82, 2.24) is 5.32 Å². The fourth-order valence-corrected chi connectivity index (χ4v) is 5.33. The minimum Gasteiger partial charge on any atom is -0.464 e. The van der Waals surface area contributed by atoms with E-state index in [4.69, 9.17) is 9.15 Å². The van der Waals surface area contributed by atoms with Crippen LogP contribution in [-0.4, -0.2) is 17.9 Å². The van der Waals surface area contributed by atoms with Gasteiger partial charge >= 0.3 is 5.97 Å². The van der Waals surface area contributed by atoms with Gasteiger partial charge in [-0.2, -0.15) is 0 Å². The number of carbonyl (C=O) groups excluding carboxylic acids is 2. The van der Waals surface area contributed by atoms with Gasteiger partial charge in [0, 0.05) is 29.0 Å². The van der Waals surface area contributed by atoms with Gasteiger partial charge < -0.3 is 14.5 Å². The molecule has 1 aliphatic carbocycles. The summed E-state index contributed by atoms with van der Waals surface area (Å²) in [5, 5.41) is 3.65. The van der Waals surface area contributed by atoms with Crippen LogP contribution in [-0.2, 0) is 14.3 Å². The number of esters is 1. The smallest absolute Gasteiger partial charge is 0.337 e. The number of carbonyl (C=O) groups is 2. The molecular weight excluding hydrogens is 473 g/mol. The molecule has 0 unspecified atom stereocenters. The topological polar surface area (TPSA) is 85.6 Å². The lowest BCUT2D eigenvalue weighted by atomic mass is 9.72. The van der Waals surface area contributed by atoms with Crippen LogP contribution in [0.4, 0.5) is 4.39 Å². The molecule has 37 heavy (non-hydrogen) atoms. The summed E-state index contributed by atoms with van der Waals surface area (Å²) in [6, 6.07) is 11.5. The second-order valence-corrected chi connectivity index (χ2v) is 10.0. The van der Waals surface area contributed by atoms with Crippen molar-refractivity contribution in [3.8, 4) is 0 Å². The number of ketones is 1. The molecule has 3 aromatic rings. The molecule has 190 valence electrons. The van der Waals surface area contributed by atoms with Crippen molar-refractivity contribution in [2.45, 2.75) is 58.5 Å². The summed E-state index contributed by atoms with van der Waals surface area (Å²) in [5.41, 5.74) is 3.87. The van der Waals surface area contributed by atoms with Crippen molar-refractivity contribution in [1.29, 1.82) is 0 Å². The zero-order chi connectivity index (χ0) is 26.4. The van der Waals surface area contributed by atoms with E-state index < -0.39 is 11.9 Å². The van der Waals surface area contributed by atoms with Crippen LogP contribution in [0.1, 0.15) is 62.1 Å². The summed E-state index contributed by atoms with van der Waals surface area (Å²) in [6.45, 7) is 7.12. The van der Waals surface area contributed by atoms with E-state index in [9.17, 15) is 18.8 Å². The van der Waals surface area contributed by atoms with E-state index in [1.54, 1.807) is 45.0 Å². The molecule has 0 amide bonds. The number of rotatable bonds is 4. The van der Waals surface area contributed by atoms with E-state index in [1.807, 2.05) is 13.0 Å². The van der Waals surface area contributed by atoms with Crippen LogP contribution in [0.2, 0.25) is 0 Å². The van der Waals surface area contributed by atoms with Crippen LogP contribution in [0.5, 0.6) is 0 Å². The van der Waals surface area contributed by atoms with Crippen LogP contribution in [0.15, 0.2) is 80.5 Å². The van der Waals surface area contributed by atoms with Crippen molar-refractivity contribution in [2.24, 2.45) is 0 Å². The molecule has 0 radical (unpaired) electrons. The molecule has 6 nitrogen and oxygen atoms in total. The van der Waals surface area contributed by atoms with Gasteiger partial charge in [-0.3, -0.25) is 9.59 Å². The molecule has 2 aliphatic rings. The molecule has 2 atom stereocenters. The van der Waals surface area contributed by atoms with Gasteiger partial charge in [0.25, 0.3) is 0 Å². The van der Waals surface area contributed by atoms with Crippen molar-refractivity contribution >= 4 is 22.7 Å². The van der Waals surface area contributed by atoms with Crippen LogP contribution >= 0.6 is 0 Å². The maximum absolute atomic E-state index is 13.8. The number of Topliss-reactive ketones (excluding diaryl/α,β-unsaturated/α-hetero) is 1. The molecule has 0 saturated heterocycles. The van der Waals surface area contributed by atoms with Gasteiger partial charge in [-0.15, -0.1) is 0 Å². The van der Waals surface area contributed by atoms with Crippen molar-refractivity contribution in [3.63, 3.8) is 0 Å². The zero-order valence-electron chi connectivity index (χ0n) is 21.2. The highest BCUT2D eigenvalue weighted by Gasteiger charge is 2.43. The van der Waals surface area contributed by atoms with Crippen LogP contribution < -0.4 is 10.7 Å². The number of aryl methyl sites for hydroxylation is 1. The summed E-state index contributed by atoms with van der Waals surface area (Å²) in [6.07, 6.45) is 1.62. The van der Waals surface area contributed by atoms with E-state index in [0.717, 1.165) is 11.1 Å². The molecule has 2 aromatic carbocycles. The Kier molecular flexibility index (Phi) is 6.31. The third-order valence-corrected chi connectivity index (χ3v) is 7.00. The number of allylic oxidation sites excluding steroid dienone is 3. The number of benzene rings is 2. The number of ether oxygens (including phenoxy) is 1. The molecule has 5 rings (SSSR count). The number of nitrogens with one attached hydrogen (secondary N) is 1. The molecule has 2 heterocycles. The molecule has 1 aliphatic heterocycles. The largest absolute Gasteiger partial charge is 0.464 e. The number of halogens is 1. The Morgan fingerprint density at radius 1 is 1.08 bits per heavy atom. The summed E-state index contributed by atoms with van der Waals surface area (Å²) in [4.78, 5) is 40.8. The Morgan fingerprint density at radius 3 is 2.51 bits per heavy atom. The Hall–Kier alpha value is -4.00. The predicted molar refractivity (Wildman–Crippen MR) is 137 cm³/mol. The maximum Gasteiger partial charge on any atom is 0.337 e. The SMILES string of the molecule is CC1=C(C(=O)OC(C)C)[C@H](c2coc3ccc(C)cc3c2=O)C2=C(C[C@@H](c3ccc(F)cc3)CC2=O)N1. The van der Waals surface area contributed by atoms with Gasteiger partial charge in [0.2, 0.25) is 0 Å². The fraction of sp³-hybridized carbons (Fsp3) is 0.300. The molecule has 1 aromatic heterocycles. The van der Waals surface area contributed by atoms with Gasteiger partial charge in [0.05, 0.1) is 29.2 Å². The first-order valence-electron chi connectivity index (χ1n) is 12.4. The van der Waals surface area contributed by atoms with E-state index >= 15 is 0 Å². The standard InChI is InChI=1S/C30H28FNO5/c1-15(2)37-30(35)26-17(4)32-23-12-19(18-6-8-20(31)9-7-18)13-24(33)28(23)27(26)22-14-36-25-10-5-16(3)11-21(25)29(22)34/h5-11,14-15,19,27,32H,12-13H2,1-4H3/t19-,27+/m1/s1. The monoisotopic (exact) mass is 501 g/mol. The normalized spacial score (nSPS) is 19.8. The molecule has 0 fully saturated rings. The zero-order valence-corrected chi connectivity index (χ0v) is 21.2. The summed E-state index contributed by atoms with van der Waals surface area (Å²) in [5.74, 6) is -2.20. The molecule has 0 spiro atoms. The van der Waals surface area contributed by atoms with Gasteiger partial charge in [-0.1, -0.05) is 23.8 Å². The fourth-order valence-electron chi connectivity index (χ4n) is 5.33. The second kappa shape index (κ2) is 9.47. The number of hydrogen-bond donors (Lipinski definition) is 1. The van der Waals surface area contributed by atoms with E-state index in [1.165, 1.54) is 18.4 Å². The van der Waals surface area contributed by atoms with E-state index in [0.29, 0.717) is 34.4 Å². The minimum absolute atomic E-state index is 0.160. The first-order valence-corrected chi connectivity index (χ1v) is 12.4. The highest BCUT2D eigenvalue weighted by molar-refractivity contribution is 6.04. The number of hydrogen-bond acceptors (Lipinski definition) is 6. The predicted octanol–water partition coefficient (Wildman–Crippen LogP) is 5.55. The van der Waals surface area contributed by atoms with Crippen LogP contribution in [0.3, 0.4) is 0 Å². The lowest BCUT2D eigenvalue weighted by Crippen LogP contribution is -2.37. The van der Waals surface area contributed by atoms with Gasteiger partial charge in [0.1, 0.15) is 11.4 Å². The summed E-state index contributed by atoms with van der Waals surface area (Å²) >= 11 is 0. The molecule has 1 N–H and O–H groups in total. The summed E-state index contributed by atoms with van der Waals surface area (Å²) in [7, 11) is 0. The Labute approximate surface area is 213 Å². The first kappa shape index (κ1) is 24.7. The van der Waals surface area contributed by atoms with Crippen molar-refractivity contribution < 1.29 is 23.1 Å². The highest BCUT2D eigenvalue weighted by atomic mass is 19.1.